The largest absolute Gasteiger partial charge is 0.346 e. The second-order valence-electron chi connectivity index (χ2n) is 1.47. The zero-order chi connectivity index (χ0) is 8.31. The minimum atomic E-state index is -3.71. The van der Waals surface area contributed by atoms with Gasteiger partial charge in [0.1, 0.15) is 0 Å². The third-order valence-corrected chi connectivity index (χ3v) is 0.729. The number of rotatable bonds is 3. The molecule has 2 unspecified atom stereocenters. The van der Waals surface area contributed by atoms with Crippen LogP contribution >= 0.6 is 0 Å². The first kappa shape index (κ1) is 9.58. The lowest BCUT2D eigenvalue weighted by Crippen LogP contribution is -2.27. The highest BCUT2D eigenvalue weighted by atomic mass is 19.3. The summed E-state index contributed by atoms with van der Waals surface area (Å²) in [4.78, 5) is 0. The third-order valence-electron chi connectivity index (χ3n) is 0.729. The van der Waals surface area contributed by atoms with Gasteiger partial charge < -0.3 is 0 Å². The van der Waals surface area contributed by atoms with Crippen molar-refractivity contribution in [2.75, 3.05) is 0 Å². The zero-order valence-electron chi connectivity index (χ0n) is 4.50. The molecule has 0 aromatic rings. The van der Waals surface area contributed by atoms with Crippen LogP contribution < -0.4 is 0 Å². The molecule has 61 valence electrons. The van der Waals surface area contributed by atoms with Crippen molar-refractivity contribution in [2.45, 2.75) is 18.8 Å². The van der Waals surface area contributed by atoms with Crippen LogP contribution in [0.25, 0.3) is 0 Å². The van der Waals surface area contributed by atoms with E-state index in [1.54, 1.807) is 0 Å². The van der Waals surface area contributed by atoms with E-state index in [1.165, 1.54) is 0 Å². The van der Waals surface area contributed by atoms with Gasteiger partial charge in [-0.1, -0.05) is 0 Å². The first-order valence-electron chi connectivity index (χ1n) is 2.21. The molecule has 0 heterocycles. The van der Waals surface area contributed by atoms with Gasteiger partial charge in [-0.25, -0.2) is 17.6 Å². The standard InChI is InChI=1S/C4H3F6/c5-1(3(7)8)2(6)4(9)10/h1-3H. The highest BCUT2D eigenvalue weighted by molar-refractivity contribution is 4.82. The van der Waals surface area contributed by atoms with Gasteiger partial charge in [-0.15, -0.1) is 0 Å². The number of halogens is 6. The van der Waals surface area contributed by atoms with E-state index in [0.29, 0.717) is 0 Å². The second-order valence-corrected chi connectivity index (χ2v) is 1.47. The van der Waals surface area contributed by atoms with Crippen molar-refractivity contribution in [1.82, 2.24) is 0 Å². The molecule has 0 rings (SSSR count). The number of hydrogen-bond donors (Lipinski definition) is 0. The summed E-state index contributed by atoms with van der Waals surface area (Å²) in [5.74, 6) is 0. The molecule has 0 nitrogen and oxygen atoms in total. The number of hydrogen-bond acceptors (Lipinski definition) is 0. The fourth-order valence-electron chi connectivity index (χ4n) is 0.248. The van der Waals surface area contributed by atoms with Crippen molar-refractivity contribution < 1.29 is 26.3 Å². The summed E-state index contributed by atoms with van der Waals surface area (Å²) in [5.41, 5.74) is 0. The molecule has 0 fully saturated rings. The normalized spacial score (nSPS) is 18.0. The van der Waals surface area contributed by atoms with Crippen molar-refractivity contribution in [3.63, 3.8) is 0 Å². The molecule has 0 aliphatic heterocycles. The molecule has 10 heavy (non-hydrogen) atoms. The Hall–Kier alpha value is -0.420. The van der Waals surface area contributed by atoms with Crippen LogP contribution in [-0.4, -0.2) is 18.8 Å². The monoisotopic (exact) mass is 165 g/mol. The maximum atomic E-state index is 11.5. The lowest BCUT2D eigenvalue weighted by atomic mass is 10.2. The van der Waals surface area contributed by atoms with Crippen LogP contribution in [0.5, 0.6) is 0 Å². The van der Waals surface area contributed by atoms with Gasteiger partial charge in [-0.2, -0.15) is 8.78 Å². The average molecular weight is 165 g/mol. The summed E-state index contributed by atoms with van der Waals surface area (Å²) in [6.45, 7) is 0. The topological polar surface area (TPSA) is 0 Å². The Morgan fingerprint density at radius 1 is 0.900 bits per heavy atom. The van der Waals surface area contributed by atoms with Crippen molar-refractivity contribution in [3.05, 3.63) is 6.43 Å². The van der Waals surface area contributed by atoms with E-state index in [2.05, 4.69) is 0 Å². The summed E-state index contributed by atoms with van der Waals surface area (Å²) in [5, 5.41) is 0. The molecule has 0 aliphatic rings. The van der Waals surface area contributed by atoms with Crippen LogP contribution in [-0.2, 0) is 0 Å². The highest BCUT2D eigenvalue weighted by Gasteiger charge is 2.37. The SMILES string of the molecule is F[C](F)C(F)C(F)C(F)F. The van der Waals surface area contributed by atoms with Crippen LogP contribution in [0.15, 0.2) is 0 Å². The van der Waals surface area contributed by atoms with E-state index in [9.17, 15) is 26.3 Å². The molecule has 2 atom stereocenters. The van der Waals surface area contributed by atoms with Gasteiger partial charge in [0.15, 0.2) is 6.17 Å². The number of alkyl halides is 4. The second kappa shape index (κ2) is 3.68. The van der Waals surface area contributed by atoms with Gasteiger partial charge in [-0.3, -0.25) is 0 Å². The molecular weight excluding hydrogens is 162 g/mol. The Labute approximate surface area is 52.8 Å². The van der Waals surface area contributed by atoms with E-state index in [-0.39, 0.29) is 0 Å². The summed E-state index contributed by atoms with van der Waals surface area (Å²) >= 11 is 0. The summed E-state index contributed by atoms with van der Waals surface area (Å²) in [6, 6.07) is 0. The Kier molecular flexibility index (Phi) is 3.52. The van der Waals surface area contributed by atoms with Crippen LogP contribution in [0, 0.1) is 6.43 Å². The van der Waals surface area contributed by atoms with Crippen LogP contribution in [0.1, 0.15) is 0 Å². The van der Waals surface area contributed by atoms with E-state index in [4.69, 9.17) is 0 Å². The van der Waals surface area contributed by atoms with Gasteiger partial charge in [0.05, 0.1) is 0 Å². The molecule has 0 amide bonds. The minimum absolute atomic E-state index is 2.96. The van der Waals surface area contributed by atoms with E-state index in [0.717, 1.165) is 0 Å². The summed E-state index contributed by atoms with van der Waals surface area (Å²) < 4.78 is 67.2. The Morgan fingerprint density at radius 2 is 1.30 bits per heavy atom. The molecule has 0 saturated carbocycles. The van der Waals surface area contributed by atoms with Crippen molar-refractivity contribution in [1.29, 1.82) is 0 Å². The Balaban J connectivity index is 3.81. The van der Waals surface area contributed by atoms with E-state index < -0.39 is 25.2 Å². The van der Waals surface area contributed by atoms with Crippen LogP contribution in [0.3, 0.4) is 0 Å². The van der Waals surface area contributed by atoms with Gasteiger partial charge in [0, 0.05) is 0 Å². The molecule has 0 bridgehead atoms. The van der Waals surface area contributed by atoms with E-state index in [1.807, 2.05) is 0 Å². The predicted octanol–water partition coefficient (Wildman–Crippen LogP) is 2.36. The average Bonchev–Trinajstić information content (AvgIpc) is 1.84. The van der Waals surface area contributed by atoms with Crippen LogP contribution in [0.4, 0.5) is 26.3 Å². The maximum Gasteiger partial charge on any atom is 0.346 e. The fourth-order valence-corrected chi connectivity index (χ4v) is 0.248. The lowest BCUT2D eigenvalue weighted by molar-refractivity contribution is -0.0185. The van der Waals surface area contributed by atoms with Crippen molar-refractivity contribution >= 4 is 0 Å². The van der Waals surface area contributed by atoms with E-state index >= 15 is 0 Å². The Bertz CT molecular complexity index is 79.7. The van der Waals surface area contributed by atoms with Crippen LogP contribution in [0.2, 0.25) is 0 Å². The molecule has 0 N–H and O–H groups in total. The third kappa shape index (κ3) is 2.45. The minimum Gasteiger partial charge on any atom is -0.238 e. The molecule has 0 spiro atoms. The highest BCUT2D eigenvalue weighted by Crippen LogP contribution is 2.23. The molecular formula is C4H3F6. The van der Waals surface area contributed by atoms with Gasteiger partial charge in [-0.05, 0) is 0 Å². The van der Waals surface area contributed by atoms with Crippen molar-refractivity contribution in [2.24, 2.45) is 0 Å². The predicted molar refractivity (Wildman–Crippen MR) is 21.3 cm³/mol. The Morgan fingerprint density at radius 3 is 1.40 bits per heavy atom. The first-order valence-corrected chi connectivity index (χ1v) is 2.21. The lowest BCUT2D eigenvalue weighted by Gasteiger charge is -2.09. The molecule has 6 heteroatoms. The maximum absolute atomic E-state index is 11.5. The fraction of sp³-hybridized carbons (Fsp3) is 0.750. The van der Waals surface area contributed by atoms with Gasteiger partial charge in [0.25, 0.3) is 6.43 Å². The molecule has 0 saturated heterocycles. The molecule has 0 aliphatic carbocycles. The summed E-state index contributed by atoms with van der Waals surface area (Å²) in [7, 11) is 0. The first-order chi connectivity index (χ1) is 4.46. The van der Waals surface area contributed by atoms with Crippen molar-refractivity contribution in [3.8, 4) is 0 Å². The molecule has 0 aromatic heterocycles. The summed E-state index contributed by atoms with van der Waals surface area (Å²) in [6.07, 6.45) is -13.6. The smallest absolute Gasteiger partial charge is 0.238 e. The van der Waals surface area contributed by atoms with Gasteiger partial charge >= 0.3 is 6.43 Å². The zero-order valence-corrected chi connectivity index (χ0v) is 4.50. The van der Waals surface area contributed by atoms with Gasteiger partial charge in [0.2, 0.25) is 6.17 Å². The molecule has 1 radical (unpaired) electrons. The quantitative estimate of drug-likeness (QED) is 0.563. The molecule has 0 aromatic carbocycles.